The summed E-state index contributed by atoms with van der Waals surface area (Å²) >= 11 is 12.0. The van der Waals surface area contributed by atoms with Crippen LogP contribution in [-0.4, -0.2) is 24.4 Å². The number of hydrazone groups is 1. The average molecular weight is 488 g/mol. The summed E-state index contributed by atoms with van der Waals surface area (Å²) in [5.41, 5.74) is 1.26. The quantitative estimate of drug-likeness (QED) is 0.220. The maximum absolute atomic E-state index is 13.2. The number of hydrogen-bond acceptors (Lipinski definition) is 4. The molecule has 13 heteroatoms. The molecule has 31 heavy (non-hydrogen) atoms. The van der Waals surface area contributed by atoms with Gasteiger partial charge in [-0.1, -0.05) is 41.4 Å². The predicted molar refractivity (Wildman–Crippen MR) is 98.6 cm³/mol. The van der Waals surface area contributed by atoms with Crippen LogP contribution in [0.4, 0.5) is 30.7 Å². The van der Waals surface area contributed by atoms with Crippen molar-refractivity contribution in [1.82, 2.24) is 5.43 Å². The number of halogens is 9. The lowest BCUT2D eigenvalue weighted by Gasteiger charge is -2.27. The van der Waals surface area contributed by atoms with Gasteiger partial charge >= 0.3 is 18.1 Å². The minimum Gasteiger partial charge on any atom is -0.486 e. The van der Waals surface area contributed by atoms with Crippen molar-refractivity contribution in [2.24, 2.45) is 5.10 Å². The number of nitriles is 1. The second kappa shape index (κ2) is 9.20. The van der Waals surface area contributed by atoms with Crippen LogP contribution < -0.4 is 10.2 Å². The van der Waals surface area contributed by atoms with E-state index in [9.17, 15) is 30.7 Å². The zero-order valence-corrected chi connectivity index (χ0v) is 16.5. The fourth-order valence-electron chi connectivity index (χ4n) is 2.13. The molecule has 0 spiro atoms. The van der Waals surface area contributed by atoms with E-state index in [1.54, 1.807) is 24.3 Å². The molecule has 166 valence electrons. The number of nitrogens with zero attached hydrogens (tertiary/aromatic N) is 2. The fourth-order valence-corrected chi connectivity index (χ4v) is 2.75. The van der Waals surface area contributed by atoms with Gasteiger partial charge in [0.15, 0.2) is 5.75 Å². The number of ether oxygens (including phenoxy) is 1. The number of benzene rings is 2. The zero-order valence-electron chi connectivity index (χ0n) is 15.0. The van der Waals surface area contributed by atoms with E-state index in [1.165, 1.54) is 0 Å². The van der Waals surface area contributed by atoms with Crippen molar-refractivity contribution in [3.63, 3.8) is 0 Å². The minimum absolute atomic E-state index is 0.0323. The second-order valence-electron chi connectivity index (χ2n) is 5.89. The lowest BCUT2D eigenvalue weighted by atomic mass is 10.1. The average Bonchev–Trinajstić information content (AvgIpc) is 2.66. The SMILES string of the molecule is N#Cc1ccccc1COc1c(Cl)cc(/C=N/NC(F)(F)C(F)(F)C(F)(F)F)cc1Cl. The van der Waals surface area contributed by atoms with Crippen LogP contribution in [0.3, 0.4) is 0 Å². The Morgan fingerprint density at radius 3 is 2.16 bits per heavy atom. The van der Waals surface area contributed by atoms with Crippen LogP contribution in [0.25, 0.3) is 0 Å². The fraction of sp³-hybridized carbons (Fsp3) is 0.222. The highest BCUT2D eigenvalue weighted by molar-refractivity contribution is 6.37. The van der Waals surface area contributed by atoms with E-state index in [4.69, 9.17) is 33.2 Å². The highest BCUT2D eigenvalue weighted by atomic mass is 35.5. The molecule has 2 aromatic rings. The molecule has 0 aliphatic heterocycles. The molecule has 1 N–H and O–H groups in total. The van der Waals surface area contributed by atoms with Crippen LogP contribution in [0.5, 0.6) is 5.75 Å². The summed E-state index contributed by atoms with van der Waals surface area (Å²) in [5, 5.41) is 11.5. The second-order valence-corrected chi connectivity index (χ2v) is 6.70. The van der Waals surface area contributed by atoms with E-state index in [0.717, 1.165) is 12.1 Å². The predicted octanol–water partition coefficient (Wildman–Crippen LogP) is 6.16. The summed E-state index contributed by atoms with van der Waals surface area (Å²) in [6.07, 6.45) is -5.97. The van der Waals surface area contributed by atoms with Crippen LogP contribution >= 0.6 is 23.2 Å². The van der Waals surface area contributed by atoms with E-state index >= 15 is 0 Å². The van der Waals surface area contributed by atoms with Gasteiger partial charge in [0, 0.05) is 5.56 Å². The van der Waals surface area contributed by atoms with Crippen molar-refractivity contribution in [2.75, 3.05) is 0 Å². The number of hydrogen-bond donors (Lipinski definition) is 1. The molecule has 2 aromatic carbocycles. The van der Waals surface area contributed by atoms with Gasteiger partial charge in [-0.25, -0.2) is 5.43 Å². The van der Waals surface area contributed by atoms with Crippen molar-refractivity contribution in [3.8, 4) is 11.8 Å². The van der Waals surface area contributed by atoms with Gasteiger partial charge in [0.25, 0.3) is 0 Å². The molecular weight excluding hydrogens is 478 g/mol. The summed E-state index contributed by atoms with van der Waals surface area (Å²) in [7, 11) is 0. The van der Waals surface area contributed by atoms with Gasteiger partial charge in [-0.3, -0.25) is 0 Å². The Balaban J connectivity index is 2.14. The molecule has 0 unspecified atom stereocenters. The first kappa shape index (κ1) is 24.6. The summed E-state index contributed by atoms with van der Waals surface area (Å²) in [6.45, 7) is -0.0864. The minimum atomic E-state index is -6.49. The van der Waals surface area contributed by atoms with E-state index in [2.05, 4.69) is 5.10 Å². The Kier molecular flexibility index (Phi) is 7.28. The van der Waals surface area contributed by atoms with Crippen molar-refractivity contribution in [1.29, 1.82) is 5.26 Å². The lowest BCUT2D eigenvalue weighted by Crippen LogP contribution is -2.58. The van der Waals surface area contributed by atoms with Gasteiger partial charge in [-0.05, 0) is 23.8 Å². The molecule has 0 atom stereocenters. The number of nitrogens with one attached hydrogen (secondary N) is 1. The lowest BCUT2D eigenvalue weighted by molar-refractivity contribution is -0.361. The van der Waals surface area contributed by atoms with E-state index in [-0.39, 0.29) is 28.0 Å². The molecule has 4 nitrogen and oxygen atoms in total. The Bertz CT molecular complexity index is 997. The standard InChI is InChI=1S/C18H10Cl2F7N3O/c19-13-5-10(8-29-30-18(26,27)16(21,22)17(23,24)25)6-14(20)15(13)31-9-12-4-2-1-3-11(12)7-28/h1-6,8,30H,9H2/b29-8+. The Hall–Kier alpha value is -2.71. The summed E-state index contributed by atoms with van der Waals surface area (Å²) in [4.78, 5) is 0. The largest absolute Gasteiger partial charge is 0.486 e. The highest BCUT2D eigenvalue weighted by Gasteiger charge is 2.73. The molecule has 0 fully saturated rings. The van der Waals surface area contributed by atoms with Crippen LogP contribution in [0.1, 0.15) is 16.7 Å². The molecule has 0 heterocycles. The third-order valence-corrected chi connectivity index (χ3v) is 4.26. The summed E-state index contributed by atoms with van der Waals surface area (Å²) in [6, 6.07) is 4.99. The van der Waals surface area contributed by atoms with Gasteiger partial charge < -0.3 is 4.74 Å². The van der Waals surface area contributed by atoms with Gasteiger partial charge in [0.2, 0.25) is 0 Å². The van der Waals surface area contributed by atoms with Crippen molar-refractivity contribution < 1.29 is 35.5 Å². The number of alkyl halides is 7. The maximum Gasteiger partial charge on any atom is 0.462 e. The molecule has 0 saturated heterocycles. The van der Waals surface area contributed by atoms with E-state index < -0.39 is 18.1 Å². The third kappa shape index (κ3) is 5.51. The molecule has 0 amide bonds. The van der Waals surface area contributed by atoms with Crippen molar-refractivity contribution >= 4 is 29.4 Å². The third-order valence-electron chi connectivity index (χ3n) is 3.70. The molecule has 0 aliphatic carbocycles. The molecule has 0 bridgehead atoms. The number of rotatable bonds is 7. The van der Waals surface area contributed by atoms with Gasteiger partial charge in [0.05, 0.1) is 27.9 Å². The maximum atomic E-state index is 13.2. The van der Waals surface area contributed by atoms with Crippen LogP contribution in [0, 0.1) is 11.3 Å². The Morgan fingerprint density at radius 1 is 1.03 bits per heavy atom. The monoisotopic (exact) mass is 487 g/mol. The normalized spacial score (nSPS) is 12.6. The Labute approximate surface area is 180 Å². The smallest absolute Gasteiger partial charge is 0.462 e. The van der Waals surface area contributed by atoms with Crippen molar-refractivity contribution in [3.05, 3.63) is 63.1 Å². The van der Waals surface area contributed by atoms with Gasteiger partial charge in [-0.2, -0.15) is 41.1 Å². The zero-order chi connectivity index (χ0) is 23.4. The Morgan fingerprint density at radius 2 is 1.61 bits per heavy atom. The van der Waals surface area contributed by atoms with Crippen LogP contribution in [0.15, 0.2) is 41.5 Å². The van der Waals surface area contributed by atoms with Gasteiger partial charge in [-0.15, -0.1) is 0 Å². The van der Waals surface area contributed by atoms with Gasteiger partial charge in [0.1, 0.15) is 6.61 Å². The summed E-state index contributed by atoms with van der Waals surface area (Å²) < 4.78 is 93.6. The highest BCUT2D eigenvalue weighted by Crippen LogP contribution is 2.45. The summed E-state index contributed by atoms with van der Waals surface area (Å²) in [5.74, 6) is -6.39. The van der Waals surface area contributed by atoms with E-state index in [1.807, 2.05) is 6.07 Å². The molecule has 0 aromatic heterocycles. The molecule has 2 rings (SSSR count). The topological polar surface area (TPSA) is 57.4 Å². The van der Waals surface area contributed by atoms with E-state index in [0.29, 0.717) is 22.8 Å². The molecule has 0 aliphatic rings. The van der Waals surface area contributed by atoms with Crippen LogP contribution in [-0.2, 0) is 6.61 Å². The molecular formula is C18H10Cl2F7N3O. The molecule has 0 radical (unpaired) electrons. The first-order valence-corrected chi connectivity index (χ1v) is 8.78. The van der Waals surface area contributed by atoms with Crippen molar-refractivity contribution in [2.45, 2.75) is 24.8 Å². The first-order chi connectivity index (χ1) is 14.3. The van der Waals surface area contributed by atoms with Crippen LogP contribution in [0.2, 0.25) is 10.0 Å². The molecule has 0 saturated carbocycles. The first-order valence-electron chi connectivity index (χ1n) is 8.02.